The number of benzene rings is 1. The van der Waals surface area contributed by atoms with Crippen LogP contribution in [0.15, 0.2) is 24.3 Å². The predicted octanol–water partition coefficient (Wildman–Crippen LogP) is -1.01. The number of halogens is 1. The van der Waals surface area contributed by atoms with Crippen LogP contribution in [0.4, 0.5) is 11.4 Å². The van der Waals surface area contributed by atoms with E-state index in [0.717, 1.165) is 12.2 Å². The molecule has 0 aliphatic carbocycles. The highest BCUT2D eigenvalue weighted by Gasteiger charge is 2.16. The van der Waals surface area contributed by atoms with E-state index in [1.54, 1.807) is 6.07 Å². The van der Waals surface area contributed by atoms with Crippen molar-refractivity contribution in [3.63, 3.8) is 0 Å². The summed E-state index contributed by atoms with van der Waals surface area (Å²) in [6, 6.07) is 7.29. The van der Waals surface area contributed by atoms with Crippen LogP contribution in [0.5, 0.6) is 0 Å². The van der Waals surface area contributed by atoms with Crippen LogP contribution < -0.4 is 17.3 Å². The Kier molecular flexibility index (Phi) is 6.43. The van der Waals surface area contributed by atoms with Gasteiger partial charge in [0.1, 0.15) is 5.69 Å². The molecule has 1 aromatic rings. The molecule has 0 aliphatic rings. The van der Waals surface area contributed by atoms with E-state index in [1.807, 2.05) is 30.0 Å². The van der Waals surface area contributed by atoms with Gasteiger partial charge in [-0.2, -0.15) is 0 Å². The molecule has 15 heavy (non-hydrogen) atoms. The highest BCUT2D eigenvalue weighted by atomic mass is 35.5. The van der Waals surface area contributed by atoms with Crippen molar-refractivity contribution < 1.29 is 17.5 Å². The lowest BCUT2D eigenvalue weighted by Gasteiger charge is -2.19. The molecule has 0 saturated carbocycles. The van der Waals surface area contributed by atoms with E-state index in [2.05, 4.69) is 4.98 Å². The van der Waals surface area contributed by atoms with Crippen molar-refractivity contribution >= 4 is 11.4 Å². The molecule has 0 heterocycles. The fraction of sp³-hybridized carbons (Fsp3) is 0.400. The number of rotatable bonds is 4. The van der Waals surface area contributed by atoms with Crippen molar-refractivity contribution in [2.75, 3.05) is 24.6 Å². The van der Waals surface area contributed by atoms with Crippen LogP contribution in [0.1, 0.15) is 6.92 Å². The maximum Gasteiger partial charge on any atom is 0.408 e. The molecule has 0 unspecified atom stereocenters. The zero-order valence-electron chi connectivity index (χ0n) is 8.60. The Morgan fingerprint density at radius 3 is 2.60 bits per heavy atom. The predicted molar refractivity (Wildman–Crippen MR) is 56.2 cm³/mol. The van der Waals surface area contributed by atoms with Gasteiger partial charge < -0.3 is 22.4 Å². The zero-order valence-corrected chi connectivity index (χ0v) is 9.35. The molecule has 82 valence electrons. The quantitative estimate of drug-likeness (QED) is 0.671. The average molecular weight is 228 g/mol. The van der Waals surface area contributed by atoms with Gasteiger partial charge in [-0.15, -0.1) is 0 Å². The second-order valence-corrected chi connectivity index (χ2v) is 2.89. The number of aliphatic hydroxyl groups excluding tert-OH is 1. The fourth-order valence-electron chi connectivity index (χ4n) is 1.39. The maximum atomic E-state index is 8.86. The molecule has 0 amide bonds. The van der Waals surface area contributed by atoms with E-state index in [0.29, 0.717) is 12.2 Å². The van der Waals surface area contributed by atoms with Gasteiger partial charge in [-0.1, -0.05) is 12.1 Å². The van der Waals surface area contributed by atoms with E-state index >= 15 is 0 Å². The lowest BCUT2D eigenvalue weighted by molar-refractivity contribution is -0.00000422. The smallest absolute Gasteiger partial charge is 0.408 e. The Bertz CT molecular complexity index is 338. The van der Waals surface area contributed by atoms with E-state index < -0.39 is 0 Å². The number of diazo groups is 1. The summed E-state index contributed by atoms with van der Waals surface area (Å²) in [5.41, 5.74) is 1.37. The molecular weight excluding hydrogens is 214 g/mol. The van der Waals surface area contributed by atoms with Gasteiger partial charge in [0.15, 0.2) is 4.98 Å². The summed E-state index contributed by atoms with van der Waals surface area (Å²) in [5.74, 6) is 0. The van der Waals surface area contributed by atoms with Crippen molar-refractivity contribution in [1.82, 2.24) is 0 Å². The number of hydrogen-bond donors (Lipinski definition) is 1. The Hall–Kier alpha value is -1.31. The topological polar surface area (TPSA) is 51.6 Å². The number of para-hydroxylation sites is 1. The Balaban J connectivity index is 0.00000196. The van der Waals surface area contributed by atoms with E-state index in [9.17, 15) is 0 Å². The highest BCUT2D eigenvalue weighted by Crippen LogP contribution is 2.27. The number of likely N-dealkylation sites (N-methyl/N-ethyl adjacent to an activating group) is 1. The van der Waals surface area contributed by atoms with Gasteiger partial charge in [0.05, 0.1) is 6.61 Å². The van der Waals surface area contributed by atoms with Crippen LogP contribution in [0, 0.1) is 5.39 Å². The standard InChI is InChI=1S/C10H14N3O.ClH/c1-2-13(7-8-14)10-6-4-3-5-9(10)12-11;/h3-6,14H,2,7-8H2,1H3;1H/q+1;/p-1. The molecule has 0 spiro atoms. The van der Waals surface area contributed by atoms with Crippen molar-refractivity contribution in [3.8, 4) is 0 Å². The largest absolute Gasteiger partial charge is 1.00 e. The monoisotopic (exact) mass is 227 g/mol. The van der Waals surface area contributed by atoms with Crippen LogP contribution >= 0.6 is 0 Å². The van der Waals surface area contributed by atoms with E-state index in [4.69, 9.17) is 10.5 Å². The summed E-state index contributed by atoms with van der Waals surface area (Å²) in [4.78, 5) is 5.15. The second-order valence-electron chi connectivity index (χ2n) is 2.89. The van der Waals surface area contributed by atoms with Crippen molar-refractivity contribution in [2.45, 2.75) is 6.92 Å². The van der Waals surface area contributed by atoms with Gasteiger partial charge >= 0.3 is 5.69 Å². The number of aliphatic hydroxyl groups is 1. The van der Waals surface area contributed by atoms with Gasteiger partial charge in [0, 0.05) is 19.2 Å². The van der Waals surface area contributed by atoms with Crippen LogP contribution in [0.2, 0.25) is 0 Å². The summed E-state index contributed by atoms with van der Waals surface area (Å²) in [6.07, 6.45) is 0. The molecule has 0 aliphatic heterocycles. The molecule has 0 atom stereocenters. The van der Waals surface area contributed by atoms with Gasteiger partial charge in [-0.3, -0.25) is 0 Å². The SMILES string of the molecule is CCN(CCO)c1ccccc1[N+]#N.[Cl-]. The number of hydrogen-bond acceptors (Lipinski definition) is 3. The zero-order chi connectivity index (χ0) is 10.4. The molecule has 1 N–H and O–H groups in total. The molecule has 1 rings (SSSR count). The molecule has 0 fully saturated rings. The Morgan fingerprint density at radius 1 is 1.40 bits per heavy atom. The normalized spacial score (nSPS) is 8.87. The first-order chi connectivity index (χ1) is 6.83. The lowest BCUT2D eigenvalue weighted by Crippen LogP contribution is -3.00. The van der Waals surface area contributed by atoms with Crippen LogP contribution in [0.25, 0.3) is 4.98 Å². The van der Waals surface area contributed by atoms with Crippen molar-refractivity contribution in [3.05, 3.63) is 29.2 Å². The molecular formula is C10H14ClN3O. The summed E-state index contributed by atoms with van der Waals surface area (Å²) in [6.45, 7) is 3.40. The second kappa shape index (κ2) is 7.04. The summed E-state index contributed by atoms with van der Waals surface area (Å²) in [5, 5.41) is 17.6. The molecule has 0 bridgehead atoms. The molecule has 1 aromatic carbocycles. The third-order valence-corrected chi connectivity index (χ3v) is 2.08. The molecule has 0 aromatic heterocycles. The minimum atomic E-state index is 0. The van der Waals surface area contributed by atoms with Crippen LogP contribution in [-0.2, 0) is 0 Å². The minimum Gasteiger partial charge on any atom is -1.00 e. The van der Waals surface area contributed by atoms with Crippen LogP contribution in [0.3, 0.4) is 0 Å². The number of anilines is 1. The van der Waals surface area contributed by atoms with Crippen LogP contribution in [-0.4, -0.2) is 24.8 Å². The third-order valence-electron chi connectivity index (χ3n) is 2.08. The highest BCUT2D eigenvalue weighted by molar-refractivity contribution is 5.70. The average Bonchev–Trinajstić information content (AvgIpc) is 2.26. The molecule has 0 saturated heterocycles. The lowest BCUT2D eigenvalue weighted by atomic mass is 10.2. The number of nitrogens with zero attached hydrogens (tertiary/aromatic N) is 3. The minimum absolute atomic E-state index is 0. The first-order valence-corrected chi connectivity index (χ1v) is 4.63. The van der Waals surface area contributed by atoms with E-state index in [-0.39, 0.29) is 19.0 Å². The van der Waals surface area contributed by atoms with Crippen molar-refractivity contribution in [2.24, 2.45) is 0 Å². The summed E-state index contributed by atoms with van der Waals surface area (Å²) < 4.78 is 0. The molecule has 5 heteroatoms. The first kappa shape index (κ1) is 13.7. The van der Waals surface area contributed by atoms with Crippen molar-refractivity contribution in [1.29, 1.82) is 5.39 Å². The first-order valence-electron chi connectivity index (χ1n) is 4.63. The Labute approximate surface area is 95.6 Å². The summed E-state index contributed by atoms with van der Waals surface area (Å²) in [7, 11) is 0. The fourth-order valence-corrected chi connectivity index (χ4v) is 1.39. The van der Waals surface area contributed by atoms with Gasteiger partial charge in [0.2, 0.25) is 5.39 Å². The maximum absolute atomic E-state index is 8.86. The molecule has 4 nitrogen and oxygen atoms in total. The summed E-state index contributed by atoms with van der Waals surface area (Å²) >= 11 is 0. The third kappa shape index (κ3) is 3.39. The van der Waals surface area contributed by atoms with E-state index in [1.165, 1.54) is 0 Å². The van der Waals surface area contributed by atoms with Gasteiger partial charge in [-0.05, 0) is 13.0 Å². The van der Waals surface area contributed by atoms with Gasteiger partial charge in [-0.25, -0.2) is 0 Å². The molecule has 0 radical (unpaired) electrons. The Morgan fingerprint density at radius 2 is 2.07 bits per heavy atom. The van der Waals surface area contributed by atoms with Gasteiger partial charge in [0.25, 0.3) is 0 Å².